The second kappa shape index (κ2) is 9.98. The minimum Gasteiger partial charge on any atom is -0.350 e. The number of anilines is 1. The average molecular weight is 511 g/mol. The van der Waals surface area contributed by atoms with E-state index in [1.807, 2.05) is 13.8 Å². The van der Waals surface area contributed by atoms with E-state index < -0.39 is 11.6 Å². The van der Waals surface area contributed by atoms with Crippen molar-refractivity contribution in [2.45, 2.75) is 52.7 Å². The fourth-order valence-electron chi connectivity index (χ4n) is 3.90. The molecule has 0 aliphatic heterocycles. The molecule has 0 saturated carbocycles. The first kappa shape index (κ1) is 25.2. The van der Waals surface area contributed by atoms with Gasteiger partial charge in [-0.3, -0.25) is 19.0 Å². The number of carbonyl (C=O) groups is 2. The summed E-state index contributed by atoms with van der Waals surface area (Å²) >= 11 is 5.97. The van der Waals surface area contributed by atoms with Crippen molar-refractivity contribution in [2.75, 3.05) is 5.32 Å². The largest absolute Gasteiger partial charge is 0.352 e. The number of nitrogens with one attached hydrogen (secondary N) is 2. The Morgan fingerprint density at radius 1 is 1.08 bits per heavy atom. The van der Waals surface area contributed by atoms with Crippen molar-refractivity contribution in [3.8, 4) is 0 Å². The number of fused-ring (bicyclic) bond motifs is 3. The quantitative estimate of drug-likeness (QED) is 0.395. The van der Waals surface area contributed by atoms with Crippen molar-refractivity contribution in [3.05, 3.63) is 73.9 Å². The van der Waals surface area contributed by atoms with Crippen LogP contribution in [0.25, 0.3) is 16.7 Å². The first-order valence-electron chi connectivity index (χ1n) is 11.6. The molecule has 1 atom stereocenters. The summed E-state index contributed by atoms with van der Waals surface area (Å²) in [7, 11) is 0. The molecule has 2 aromatic heterocycles. The number of aromatic nitrogens is 4. The zero-order valence-electron chi connectivity index (χ0n) is 20.4. The Kier molecular flexibility index (Phi) is 6.98. The molecule has 2 N–H and O–H groups in total. The molecule has 0 aliphatic carbocycles. The maximum atomic E-state index is 13.4. The van der Waals surface area contributed by atoms with Crippen LogP contribution < -0.4 is 21.9 Å². The SMILES string of the molecule is CCC(C)NC(=O)c1ccc2c(=O)n(C(C)C)c3nn(CC(=O)Nc4cccc(Cl)c4)c(=O)n3c2c1. The Bertz CT molecular complexity index is 1600. The van der Waals surface area contributed by atoms with E-state index in [2.05, 4.69) is 15.7 Å². The fourth-order valence-corrected chi connectivity index (χ4v) is 4.09. The van der Waals surface area contributed by atoms with Crippen molar-refractivity contribution in [1.82, 2.24) is 24.1 Å². The third kappa shape index (κ3) is 4.76. The first-order valence-corrected chi connectivity index (χ1v) is 12.0. The van der Waals surface area contributed by atoms with Gasteiger partial charge in [-0.1, -0.05) is 24.6 Å². The average Bonchev–Trinajstić information content (AvgIpc) is 3.13. The van der Waals surface area contributed by atoms with Gasteiger partial charge in [0.15, 0.2) is 0 Å². The standard InChI is InChI=1S/C25H27ClN6O4/c1-5-15(4)27-22(34)16-9-10-19-20(11-16)32-24(31(14(2)3)23(19)35)29-30(25(32)36)13-21(33)28-18-8-6-7-17(26)12-18/h6-12,14-15H,5,13H2,1-4H3,(H,27,34)(H,28,33). The molecular formula is C25H27ClN6O4. The Morgan fingerprint density at radius 3 is 2.50 bits per heavy atom. The van der Waals surface area contributed by atoms with E-state index in [0.29, 0.717) is 16.3 Å². The van der Waals surface area contributed by atoms with Gasteiger partial charge in [0.25, 0.3) is 11.5 Å². The van der Waals surface area contributed by atoms with Gasteiger partial charge >= 0.3 is 5.69 Å². The third-order valence-electron chi connectivity index (χ3n) is 5.90. The molecule has 2 heterocycles. The number of rotatable bonds is 7. The van der Waals surface area contributed by atoms with Crippen LogP contribution >= 0.6 is 11.6 Å². The van der Waals surface area contributed by atoms with Gasteiger partial charge < -0.3 is 10.6 Å². The van der Waals surface area contributed by atoms with E-state index in [9.17, 15) is 19.2 Å². The second-order valence-electron chi connectivity index (χ2n) is 8.92. The number of amides is 2. The van der Waals surface area contributed by atoms with Crippen LogP contribution in [0.15, 0.2) is 52.1 Å². The summed E-state index contributed by atoms with van der Waals surface area (Å²) in [5, 5.41) is 10.6. The normalized spacial score (nSPS) is 12.3. The molecule has 0 bridgehead atoms. The van der Waals surface area contributed by atoms with Crippen molar-refractivity contribution < 1.29 is 9.59 Å². The van der Waals surface area contributed by atoms with E-state index >= 15 is 0 Å². The minimum absolute atomic E-state index is 0.0364. The minimum atomic E-state index is -0.606. The fraction of sp³-hybridized carbons (Fsp3) is 0.320. The number of halogens is 1. The number of hydrogen-bond donors (Lipinski definition) is 2. The summed E-state index contributed by atoms with van der Waals surface area (Å²) in [6, 6.07) is 10.9. The van der Waals surface area contributed by atoms with Crippen LogP contribution in [0.5, 0.6) is 0 Å². The van der Waals surface area contributed by atoms with Crippen LogP contribution in [0.1, 0.15) is 50.5 Å². The zero-order chi connectivity index (χ0) is 26.1. The lowest BCUT2D eigenvalue weighted by atomic mass is 10.1. The van der Waals surface area contributed by atoms with E-state index in [1.165, 1.54) is 21.1 Å². The first-order chi connectivity index (χ1) is 17.1. The highest BCUT2D eigenvalue weighted by molar-refractivity contribution is 6.30. The molecular weight excluding hydrogens is 484 g/mol. The van der Waals surface area contributed by atoms with E-state index in [0.717, 1.165) is 11.1 Å². The summed E-state index contributed by atoms with van der Waals surface area (Å²) in [6.07, 6.45) is 0.756. The van der Waals surface area contributed by atoms with E-state index in [1.54, 1.807) is 44.2 Å². The lowest BCUT2D eigenvalue weighted by Crippen LogP contribution is -2.32. The summed E-state index contributed by atoms with van der Waals surface area (Å²) in [4.78, 5) is 52.1. The molecule has 1 unspecified atom stereocenters. The molecule has 36 heavy (non-hydrogen) atoms. The maximum absolute atomic E-state index is 13.4. The van der Waals surface area contributed by atoms with Crippen LogP contribution in [0, 0.1) is 0 Å². The van der Waals surface area contributed by atoms with Gasteiger partial charge in [0.1, 0.15) is 6.54 Å². The molecule has 4 rings (SSSR count). The van der Waals surface area contributed by atoms with Crippen LogP contribution in [0.2, 0.25) is 5.02 Å². The van der Waals surface area contributed by atoms with Crippen LogP contribution in [-0.2, 0) is 11.3 Å². The van der Waals surface area contributed by atoms with Crippen LogP contribution in [0.3, 0.4) is 0 Å². The highest BCUT2D eigenvalue weighted by Crippen LogP contribution is 2.17. The highest BCUT2D eigenvalue weighted by Gasteiger charge is 2.21. The molecule has 2 aromatic carbocycles. The van der Waals surface area contributed by atoms with Gasteiger partial charge in [-0.05, 0) is 63.6 Å². The number of benzene rings is 2. The predicted molar refractivity (Wildman–Crippen MR) is 139 cm³/mol. The zero-order valence-corrected chi connectivity index (χ0v) is 21.2. The summed E-state index contributed by atoms with van der Waals surface area (Å²) in [5.74, 6) is -0.713. The number of nitrogens with zero attached hydrogens (tertiary/aromatic N) is 4. The monoisotopic (exact) mass is 510 g/mol. The van der Waals surface area contributed by atoms with Crippen molar-refractivity contribution in [2.24, 2.45) is 0 Å². The molecule has 10 nitrogen and oxygen atoms in total. The number of hydrogen-bond acceptors (Lipinski definition) is 5. The van der Waals surface area contributed by atoms with Crippen molar-refractivity contribution >= 4 is 45.8 Å². The second-order valence-corrected chi connectivity index (χ2v) is 9.35. The van der Waals surface area contributed by atoms with Crippen molar-refractivity contribution in [3.63, 3.8) is 0 Å². The summed E-state index contributed by atoms with van der Waals surface area (Å²) in [6.45, 7) is 7.07. The van der Waals surface area contributed by atoms with Gasteiger partial charge in [0, 0.05) is 28.4 Å². The molecule has 0 spiro atoms. The summed E-state index contributed by atoms with van der Waals surface area (Å²) in [5.41, 5.74) is 0.0807. The van der Waals surface area contributed by atoms with Crippen molar-refractivity contribution in [1.29, 1.82) is 0 Å². The van der Waals surface area contributed by atoms with Gasteiger partial charge in [-0.25, -0.2) is 13.9 Å². The Labute approximate surface area is 211 Å². The Morgan fingerprint density at radius 2 is 1.83 bits per heavy atom. The van der Waals surface area contributed by atoms with Gasteiger partial charge in [-0.15, -0.1) is 5.10 Å². The van der Waals surface area contributed by atoms with Gasteiger partial charge in [0.05, 0.1) is 10.9 Å². The molecule has 0 fully saturated rings. The molecule has 0 aliphatic rings. The number of carbonyl (C=O) groups excluding carboxylic acids is 2. The van der Waals surface area contributed by atoms with E-state index in [4.69, 9.17) is 11.6 Å². The molecule has 11 heteroatoms. The smallest absolute Gasteiger partial charge is 0.350 e. The molecule has 188 valence electrons. The van der Waals surface area contributed by atoms with Crippen LogP contribution in [-0.4, -0.2) is 36.6 Å². The Balaban J connectivity index is 1.84. The third-order valence-corrected chi connectivity index (χ3v) is 6.13. The van der Waals surface area contributed by atoms with Crippen LogP contribution in [0.4, 0.5) is 5.69 Å². The lowest BCUT2D eigenvalue weighted by Gasteiger charge is -2.14. The molecule has 2 amide bonds. The maximum Gasteiger partial charge on any atom is 0.352 e. The predicted octanol–water partition coefficient (Wildman–Crippen LogP) is 3.21. The van der Waals surface area contributed by atoms with Gasteiger partial charge in [-0.2, -0.15) is 0 Å². The highest BCUT2D eigenvalue weighted by atomic mass is 35.5. The van der Waals surface area contributed by atoms with Gasteiger partial charge in [0.2, 0.25) is 11.7 Å². The Hall–Kier alpha value is -3.92. The molecule has 0 saturated heterocycles. The van der Waals surface area contributed by atoms with E-state index in [-0.39, 0.29) is 46.8 Å². The summed E-state index contributed by atoms with van der Waals surface area (Å²) < 4.78 is 3.66. The molecule has 4 aromatic rings. The topological polar surface area (TPSA) is 120 Å². The molecule has 0 radical (unpaired) electrons. The lowest BCUT2D eigenvalue weighted by molar-refractivity contribution is -0.117.